The number of amides is 1. The topological polar surface area (TPSA) is 41.4 Å². The molecule has 0 aliphatic carbocycles. The molecule has 0 spiro atoms. The van der Waals surface area contributed by atoms with Crippen LogP contribution in [0.15, 0.2) is 23.8 Å². The maximum atomic E-state index is 12.7. The van der Waals surface area contributed by atoms with Gasteiger partial charge in [-0.3, -0.25) is 9.69 Å². The first-order chi connectivity index (χ1) is 11.2. The first-order valence-corrected chi connectivity index (χ1v) is 9.12. The van der Waals surface area contributed by atoms with Gasteiger partial charge in [0.05, 0.1) is 11.4 Å². The van der Waals surface area contributed by atoms with E-state index in [0.29, 0.717) is 0 Å². The van der Waals surface area contributed by atoms with Crippen molar-refractivity contribution in [1.82, 2.24) is 19.4 Å². The van der Waals surface area contributed by atoms with E-state index in [9.17, 15) is 4.79 Å². The standard InChI is InChI=1S/C17H24N4OS/c1-3-20-9-6-18-15(20)13-19-7-4-8-21(11-10-19)17(22)16-14(2)5-12-23-16/h5-6,9,12H,3-4,7-8,10-11,13H2,1-2H3. The molecule has 0 radical (unpaired) electrons. The van der Waals surface area contributed by atoms with Crippen LogP contribution < -0.4 is 0 Å². The Morgan fingerprint density at radius 3 is 2.91 bits per heavy atom. The van der Waals surface area contributed by atoms with Crippen LogP contribution in [0.5, 0.6) is 0 Å². The van der Waals surface area contributed by atoms with E-state index in [1.165, 1.54) is 0 Å². The van der Waals surface area contributed by atoms with Gasteiger partial charge in [0.25, 0.3) is 5.91 Å². The maximum absolute atomic E-state index is 12.7. The van der Waals surface area contributed by atoms with Gasteiger partial charge in [-0.1, -0.05) is 0 Å². The Hall–Kier alpha value is -1.66. The van der Waals surface area contributed by atoms with Gasteiger partial charge in [-0.15, -0.1) is 11.3 Å². The molecule has 0 aromatic carbocycles. The zero-order chi connectivity index (χ0) is 16.2. The largest absolute Gasteiger partial charge is 0.337 e. The van der Waals surface area contributed by atoms with E-state index in [0.717, 1.165) is 62.0 Å². The summed E-state index contributed by atoms with van der Waals surface area (Å²) in [5.74, 6) is 1.30. The molecule has 0 atom stereocenters. The predicted octanol–water partition coefficient (Wildman–Crippen LogP) is 2.62. The van der Waals surface area contributed by atoms with Gasteiger partial charge in [0.1, 0.15) is 5.82 Å². The number of imidazole rings is 1. The minimum atomic E-state index is 0.189. The number of hydrogen-bond donors (Lipinski definition) is 0. The van der Waals surface area contributed by atoms with Crippen LogP contribution in [0.4, 0.5) is 0 Å². The highest BCUT2D eigenvalue weighted by Gasteiger charge is 2.22. The Balaban J connectivity index is 1.61. The number of aryl methyl sites for hydroxylation is 2. The molecule has 3 rings (SSSR count). The fourth-order valence-electron chi connectivity index (χ4n) is 3.05. The Kier molecular flexibility index (Phi) is 5.13. The third-order valence-electron chi connectivity index (χ3n) is 4.44. The normalized spacial score (nSPS) is 16.5. The van der Waals surface area contributed by atoms with Crippen LogP contribution in [0.1, 0.15) is 34.4 Å². The molecule has 124 valence electrons. The number of hydrogen-bond acceptors (Lipinski definition) is 4. The van der Waals surface area contributed by atoms with E-state index >= 15 is 0 Å². The van der Waals surface area contributed by atoms with E-state index in [1.807, 2.05) is 35.7 Å². The summed E-state index contributed by atoms with van der Waals surface area (Å²) in [6, 6.07) is 2.02. The summed E-state index contributed by atoms with van der Waals surface area (Å²) in [5.41, 5.74) is 1.09. The second kappa shape index (κ2) is 7.27. The smallest absolute Gasteiger partial charge is 0.264 e. The number of nitrogens with zero attached hydrogens (tertiary/aromatic N) is 4. The van der Waals surface area contributed by atoms with Crippen molar-refractivity contribution in [2.24, 2.45) is 0 Å². The summed E-state index contributed by atoms with van der Waals surface area (Å²) in [6.07, 6.45) is 4.91. The number of rotatable bonds is 4. The lowest BCUT2D eigenvalue weighted by atomic mass is 10.2. The second-order valence-corrected chi connectivity index (χ2v) is 6.90. The molecule has 23 heavy (non-hydrogen) atoms. The van der Waals surface area contributed by atoms with Gasteiger partial charge in [-0.25, -0.2) is 4.98 Å². The monoisotopic (exact) mass is 332 g/mol. The lowest BCUT2D eigenvalue weighted by Gasteiger charge is -2.22. The van der Waals surface area contributed by atoms with Gasteiger partial charge in [-0.2, -0.15) is 0 Å². The third-order valence-corrected chi connectivity index (χ3v) is 5.44. The second-order valence-electron chi connectivity index (χ2n) is 5.98. The highest BCUT2D eigenvalue weighted by molar-refractivity contribution is 7.12. The van der Waals surface area contributed by atoms with Crippen LogP contribution in [-0.2, 0) is 13.1 Å². The number of aromatic nitrogens is 2. The summed E-state index contributed by atoms with van der Waals surface area (Å²) in [4.78, 5) is 22.4. The van der Waals surface area contributed by atoms with Crippen LogP contribution in [-0.4, -0.2) is 51.4 Å². The van der Waals surface area contributed by atoms with Crippen molar-refractivity contribution in [3.05, 3.63) is 40.1 Å². The van der Waals surface area contributed by atoms with Gasteiger partial charge < -0.3 is 9.47 Å². The van der Waals surface area contributed by atoms with E-state index in [4.69, 9.17) is 0 Å². The van der Waals surface area contributed by atoms with Crippen LogP contribution in [0, 0.1) is 6.92 Å². The summed E-state index contributed by atoms with van der Waals surface area (Å²) < 4.78 is 2.18. The predicted molar refractivity (Wildman–Crippen MR) is 92.8 cm³/mol. The number of thiophene rings is 1. The lowest BCUT2D eigenvalue weighted by Crippen LogP contribution is -2.35. The SMILES string of the molecule is CCn1ccnc1CN1CCCN(C(=O)c2sccc2C)CC1. The summed E-state index contributed by atoms with van der Waals surface area (Å²) in [6.45, 7) is 9.52. The Morgan fingerprint density at radius 1 is 1.30 bits per heavy atom. The Labute approximate surface area is 141 Å². The average Bonchev–Trinajstić information content (AvgIpc) is 3.10. The molecular weight excluding hydrogens is 308 g/mol. The highest BCUT2D eigenvalue weighted by atomic mass is 32.1. The highest BCUT2D eigenvalue weighted by Crippen LogP contribution is 2.19. The molecule has 0 unspecified atom stereocenters. The van der Waals surface area contributed by atoms with E-state index in [2.05, 4.69) is 21.4 Å². The van der Waals surface area contributed by atoms with E-state index in [1.54, 1.807) is 11.3 Å². The maximum Gasteiger partial charge on any atom is 0.264 e. The first kappa shape index (κ1) is 16.2. The third kappa shape index (κ3) is 3.64. The van der Waals surface area contributed by atoms with Gasteiger partial charge >= 0.3 is 0 Å². The molecule has 1 amide bonds. The van der Waals surface area contributed by atoms with Gasteiger partial charge in [0, 0.05) is 45.1 Å². The molecule has 3 heterocycles. The zero-order valence-corrected chi connectivity index (χ0v) is 14.7. The minimum Gasteiger partial charge on any atom is -0.337 e. The van der Waals surface area contributed by atoms with Crippen LogP contribution in [0.2, 0.25) is 0 Å². The van der Waals surface area contributed by atoms with E-state index in [-0.39, 0.29) is 5.91 Å². The molecule has 0 bridgehead atoms. The molecule has 2 aromatic heterocycles. The molecule has 1 aliphatic rings. The van der Waals surface area contributed by atoms with Crippen LogP contribution in [0.3, 0.4) is 0 Å². The fraction of sp³-hybridized carbons (Fsp3) is 0.529. The molecule has 1 fully saturated rings. The first-order valence-electron chi connectivity index (χ1n) is 8.24. The average molecular weight is 332 g/mol. The fourth-order valence-corrected chi connectivity index (χ4v) is 3.94. The molecule has 0 saturated carbocycles. The van der Waals surface area contributed by atoms with Crippen molar-refractivity contribution in [3.8, 4) is 0 Å². The van der Waals surface area contributed by atoms with Gasteiger partial charge in [0.2, 0.25) is 0 Å². The zero-order valence-electron chi connectivity index (χ0n) is 13.9. The van der Waals surface area contributed by atoms with Crippen molar-refractivity contribution < 1.29 is 4.79 Å². The quantitative estimate of drug-likeness (QED) is 0.864. The number of carbonyl (C=O) groups is 1. The molecule has 1 aliphatic heterocycles. The molecular formula is C17H24N4OS. The summed E-state index contributed by atoms with van der Waals surface area (Å²) in [7, 11) is 0. The summed E-state index contributed by atoms with van der Waals surface area (Å²) in [5, 5.41) is 2.00. The van der Waals surface area contributed by atoms with Gasteiger partial charge in [0.15, 0.2) is 0 Å². The molecule has 5 nitrogen and oxygen atoms in total. The van der Waals surface area contributed by atoms with Crippen molar-refractivity contribution in [2.75, 3.05) is 26.2 Å². The molecule has 0 N–H and O–H groups in total. The summed E-state index contributed by atoms with van der Waals surface area (Å²) >= 11 is 1.55. The number of carbonyl (C=O) groups excluding carboxylic acids is 1. The van der Waals surface area contributed by atoms with Crippen LogP contribution >= 0.6 is 11.3 Å². The molecule has 2 aromatic rings. The Bertz CT molecular complexity index is 663. The van der Waals surface area contributed by atoms with Crippen molar-refractivity contribution >= 4 is 17.2 Å². The molecule has 6 heteroatoms. The van der Waals surface area contributed by atoms with Crippen LogP contribution in [0.25, 0.3) is 0 Å². The van der Waals surface area contributed by atoms with Crippen molar-refractivity contribution in [3.63, 3.8) is 0 Å². The van der Waals surface area contributed by atoms with Gasteiger partial charge in [-0.05, 0) is 37.3 Å². The van der Waals surface area contributed by atoms with E-state index < -0.39 is 0 Å². The Morgan fingerprint density at radius 2 is 2.17 bits per heavy atom. The minimum absolute atomic E-state index is 0.189. The van der Waals surface area contributed by atoms with Crippen molar-refractivity contribution in [1.29, 1.82) is 0 Å². The molecule has 1 saturated heterocycles. The van der Waals surface area contributed by atoms with Crippen molar-refractivity contribution in [2.45, 2.75) is 33.4 Å². The lowest BCUT2D eigenvalue weighted by molar-refractivity contribution is 0.0765.